The van der Waals surface area contributed by atoms with E-state index in [0.29, 0.717) is 31.8 Å². The summed E-state index contributed by atoms with van der Waals surface area (Å²) in [6, 6.07) is 5.51. The molecule has 0 unspecified atom stereocenters. The van der Waals surface area contributed by atoms with Gasteiger partial charge in [-0.2, -0.15) is 13.2 Å². The average molecular weight is 441 g/mol. The van der Waals surface area contributed by atoms with E-state index < -0.39 is 12.1 Å². The largest absolute Gasteiger partial charge is 0.490 e. The number of alkyl halides is 3. The van der Waals surface area contributed by atoms with Gasteiger partial charge in [-0.05, 0) is 37.8 Å². The molecule has 0 atom stereocenters. The van der Waals surface area contributed by atoms with Crippen LogP contribution in [0.2, 0.25) is 0 Å². The summed E-state index contributed by atoms with van der Waals surface area (Å²) in [6.07, 6.45) is -1.87. The molecule has 2 aliphatic rings. The zero-order valence-electron chi connectivity index (χ0n) is 16.8. The number of amides is 1. The van der Waals surface area contributed by atoms with Crippen LogP contribution in [0.3, 0.4) is 0 Å². The predicted octanol–water partition coefficient (Wildman–Crippen LogP) is 3.14. The Hall–Kier alpha value is -2.95. The molecule has 0 aromatic carbocycles. The number of aliphatic carboxylic acids is 1. The van der Waals surface area contributed by atoms with E-state index in [1.807, 2.05) is 24.0 Å². The highest BCUT2D eigenvalue weighted by atomic mass is 19.4. The summed E-state index contributed by atoms with van der Waals surface area (Å²) < 4.78 is 42.9. The van der Waals surface area contributed by atoms with Crippen LogP contribution in [0.15, 0.2) is 22.7 Å². The Morgan fingerprint density at radius 3 is 2.65 bits per heavy atom. The van der Waals surface area contributed by atoms with Gasteiger partial charge in [0.05, 0.1) is 13.2 Å². The zero-order valence-corrected chi connectivity index (χ0v) is 16.8. The van der Waals surface area contributed by atoms with E-state index in [1.54, 1.807) is 6.07 Å². The van der Waals surface area contributed by atoms with Gasteiger partial charge in [0.2, 0.25) is 0 Å². The lowest BCUT2D eigenvalue weighted by molar-refractivity contribution is -0.192. The smallest absolute Gasteiger partial charge is 0.475 e. The molecular weight excluding hydrogens is 419 g/mol. The molecule has 0 spiro atoms. The second-order valence-electron chi connectivity index (χ2n) is 7.43. The topological polar surface area (TPSA) is 106 Å². The van der Waals surface area contributed by atoms with Crippen LogP contribution in [-0.4, -0.2) is 51.4 Å². The van der Waals surface area contributed by atoms with Gasteiger partial charge in [-0.25, -0.2) is 9.78 Å². The van der Waals surface area contributed by atoms with E-state index in [4.69, 9.17) is 19.2 Å². The van der Waals surface area contributed by atoms with Crippen molar-refractivity contribution in [2.45, 2.75) is 45.5 Å². The van der Waals surface area contributed by atoms with Gasteiger partial charge in [-0.1, -0.05) is 11.2 Å². The summed E-state index contributed by atoms with van der Waals surface area (Å²) in [4.78, 5) is 27.7. The van der Waals surface area contributed by atoms with Crippen molar-refractivity contribution in [1.29, 1.82) is 0 Å². The number of carbonyl (C=O) groups excluding carboxylic acids is 1. The Morgan fingerprint density at radius 2 is 2.03 bits per heavy atom. The van der Waals surface area contributed by atoms with Crippen LogP contribution in [0.1, 0.15) is 46.0 Å². The summed E-state index contributed by atoms with van der Waals surface area (Å²) >= 11 is 0. The summed E-state index contributed by atoms with van der Waals surface area (Å²) in [5.74, 6) is -1.21. The monoisotopic (exact) mass is 441 g/mol. The summed E-state index contributed by atoms with van der Waals surface area (Å²) in [5, 5.41) is 11.3. The molecule has 11 heteroatoms. The van der Waals surface area contributed by atoms with Gasteiger partial charge in [-0.3, -0.25) is 4.79 Å². The number of carbonyl (C=O) groups is 2. The molecule has 0 bridgehead atoms. The van der Waals surface area contributed by atoms with E-state index in [2.05, 4.69) is 10.1 Å². The van der Waals surface area contributed by atoms with E-state index >= 15 is 0 Å². The minimum Gasteiger partial charge on any atom is -0.475 e. The maximum absolute atomic E-state index is 12.7. The number of carboxylic acid groups (broad SMARTS) is 1. The maximum atomic E-state index is 12.7. The normalized spacial score (nSPS) is 15.7. The van der Waals surface area contributed by atoms with Crippen LogP contribution in [0.25, 0.3) is 0 Å². The molecule has 3 heterocycles. The second kappa shape index (κ2) is 9.46. The Kier molecular flexibility index (Phi) is 6.94. The molecule has 4 rings (SSSR count). The van der Waals surface area contributed by atoms with Crippen molar-refractivity contribution in [3.63, 3.8) is 0 Å². The Morgan fingerprint density at radius 1 is 1.32 bits per heavy atom. The van der Waals surface area contributed by atoms with Crippen LogP contribution in [0.4, 0.5) is 13.2 Å². The number of aromatic nitrogens is 2. The first-order valence-electron chi connectivity index (χ1n) is 9.72. The molecular formula is C20H22F3N3O5. The third-order valence-corrected chi connectivity index (χ3v) is 4.84. The molecule has 1 N–H and O–H groups in total. The fraction of sp³-hybridized carbons (Fsp3) is 0.500. The van der Waals surface area contributed by atoms with Crippen molar-refractivity contribution in [3.05, 3.63) is 46.6 Å². The average Bonchev–Trinajstić information content (AvgIpc) is 3.46. The minimum atomic E-state index is -5.08. The molecule has 1 aliphatic carbocycles. The van der Waals surface area contributed by atoms with E-state index in [0.717, 1.165) is 35.2 Å². The summed E-state index contributed by atoms with van der Waals surface area (Å²) in [7, 11) is 0. The van der Waals surface area contributed by atoms with Crippen LogP contribution in [-0.2, 0) is 29.1 Å². The molecule has 31 heavy (non-hydrogen) atoms. The van der Waals surface area contributed by atoms with Crippen molar-refractivity contribution in [3.8, 4) is 0 Å². The van der Waals surface area contributed by atoms with Gasteiger partial charge in [-0.15, -0.1) is 0 Å². The lowest BCUT2D eigenvalue weighted by Crippen LogP contribution is -2.36. The first-order valence-corrected chi connectivity index (χ1v) is 9.72. The quantitative estimate of drug-likeness (QED) is 0.760. The molecule has 1 aliphatic heterocycles. The van der Waals surface area contributed by atoms with Gasteiger partial charge >= 0.3 is 12.1 Å². The number of hydrogen-bond donors (Lipinski definition) is 1. The van der Waals surface area contributed by atoms with Crippen LogP contribution < -0.4 is 0 Å². The third kappa shape index (κ3) is 6.27. The van der Waals surface area contributed by atoms with Crippen LogP contribution >= 0.6 is 0 Å². The second-order valence-corrected chi connectivity index (χ2v) is 7.43. The Bertz CT molecular complexity index is 940. The van der Waals surface area contributed by atoms with Crippen molar-refractivity contribution in [1.82, 2.24) is 15.0 Å². The first-order chi connectivity index (χ1) is 14.6. The number of hydrogen-bond acceptors (Lipinski definition) is 6. The van der Waals surface area contributed by atoms with E-state index in [9.17, 15) is 18.0 Å². The highest BCUT2D eigenvalue weighted by Crippen LogP contribution is 2.30. The third-order valence-electron chi connectivity index (χ3n) is 4.84. The molecule has 2 aromatic heterocycles. The van der Waals surface area contributed by atoms with Gasteiger partial charge in [0, 0.05) is 30.8 Å². The number of carboxylic acids is 1. The van der Waals surface area contributed by atoms with E-state index in [1.165, 1.54) is 12.8 Å². The lowest BCUT2D eigenvalue weighted by Gasteiger charge is -2.26. The summed E-state index contributed by atoms with van der Waals surface area (Å²) in [6.45, 7) is 4.27. The lowest BCUT2D eigenvalue weighted by atomic mass is 10.1. The standard InChI is InChI=1S/C18H21N3O3.C2HF3O2/c1-12-3-2-4-15(19-12)18(22)21-8-7-17-14(9-21)16(20-24-17)11-23-10-13-5-6-13;3-2(4,5)1(6)7/h2-4,13H,5-11H2,1H3;(H,6,7). The van der Waals surface area contributed by atoms with Crippen molar-refractivity contribution >= 4 is 11.9 Å². The fourth-order valence-corrected chi connectivity index (χ4v) is 2.98. The molecule has 8 nitrogen and oxygen atoms in total. The van der Waals surface area contributed by atoms with Crippen molar-refractivity contribution in [2.24, 2.45) is 5.92 Å². The molecule has 1 saturated carbocycles. The maximum Gasteiger partial charge on any atom is 0.490 e. The summed E-state index contributed by atoms with van der Waals surface area (Å²) in [5.41, 5.74) is 3.15. The minimum absolute atomic E-state index is 0.0459. The number of ether oxygens (including phenoxy) is 1. The van der Waals surface area contributed by atoms with Crippen molar-refractivity contribution in [2.75, 3.05) is 13.2 Å². The fourth-order valence-electron chi connectivity index (χ4n) is 2.98. The highest BCUT2D eigenvalue weighted by Gasteiger charge is 2.38. The van der Waals surface area contributed by atoms with Gasteiger partial charge in [0.1, 0.15) is 17.1 Å². The highest BCUT2D eigenvalue weighted by molar-refractivity contribution is 5.92. The number of pyridine rings is 1. The Balaban J connectivity index is 0.000000339. The number of rotatable bonds is 5. The van der Waals surface area contributed by atoms with Crippen LogP contribution in [0, 0.1) is 12.8 Å². The van der Waals surface area contributed by atoms with E-state index in [-0.39, 0.29) is 5.91 Å². The van der Waals surface area contributed by atoms with Crippen molar-refractivity contribution < 1.29 is 37.1 Å². The SMILES string of the molecule is Cc1cccc(C(=O)N2CCc3onc(COCC4CC4)c3C2)n1.O=C(O)C(F)(F)F. The molecule has 2 aromatic rings. The molecule has 1 fully saturated rings. The number of nitrogens with zero attached hydrogens (tertiary/aromatic N) is 3. The van der Waals surface area contributed by atoms with Crippen LogP contribution in [0.5, 0.6) is 0 Å². The first kappa shape index (κ1) is 22.7. The van der Waals surface area contributed by atoms with Gasteiger partial charge in [0.15, 0.2) is 0 Å². The number of aryl methyl sites for hydroxylation is 1. The molecule has 168 valence electrons. The molecule has 1 amide bonds. The Labute approximate surface area is 176 Å². The van der Waals surface area contributed by atoms with Gasteiger partial charge in [0.25, 0.3) is 5.91 Å². The molecule has 0 saturated heterocycles. The van der Waals surface area contributed by atoms with Gasteiger partial charge < -0.3 is 19.3 Å². The number of fused-ring (bicyclic) bond motifs is 1. The zero-order chi connectivity index (χ0) is 22.6. The predicted molar refractivity (Wildman–Crippen MR) is 100.0 cm³/mol. The molecule has 0 radical (unpaired) electrons. The number of halogens is 3.